The quantitative estimate of drug-likeness (QED) is 0.588. The first kappa shape index (κ1) is 20.9. The van der Waals surface area contributed by atoms with Crippen LogP contribution in [-0.2, 0) is 4.79 Å². The number of nitrogens with zero attached hydrogens (tertiary/aromatic N) is 1. The van der Waals surface area contributed by atoms with Gasteiger partial charge >= 0.3 is 0 Å². The van der Waals surface area contributed by atoms with Crippen molar-refractivity contribution < 1.29 is 19.1 Å². The lowest BCUT2D eigenvalue weighted by atomic mass is 9.97. The van der Waals surface area contributed by atoms with Crippen LogP contribution in [0.2, 0.25) is 0 Å². The lowest BCUT2D eigenvalue weighted by molar-refractivity contribution is -0.121. The topological polar surface area (TPSA) is 67.9 Å². The summed E-state index contributed by atoms with van der Waals surface area (Å²) in [6.07, 6.45) is 1.59. The first-order valence-corrected chi connectivity index (χ1v) is 11.1. The van der Waals surface area contributed by atoms with Gasteiger partial charge in [0.2, 0.25) is 5.91 Å². The molecule has 0 radical (unpaired) electrons. The summed E-state index contributed by atoms with van der Waals surface area (Å²) in [5.74, 6) is 1.64. The van der Waals surface area contributed by atoms with Gasteiger partial charge in [0.1, 0.15) is 5.75 Å². The van der Waals surface area contributed by atoms with Gasteiger partial charge in [-0.3, -0.25) is 9.59 Å². The largest absolute Gasteiger partial charge is 0.493 e. The number of likely N-dealkylation sites (tertiary alicyclic amines) is 1. The Morgan fingerprint density at radius 3 is 2.52 bits per heavy atom. The molecule has 4 rings (SSSR count). The highest BCUT2D eigenvalue weighted by molar-refractivity contribution is 7.12. The number of thiophene rings is 1. The maximum atomic E-state index is 12.8. The van der Waals surface area contributed by atoms with Crippen molar-refractivity contribution in [1.29, 1.82) is 0 Å². The predicted molar refractivity (Wildman–Crippen MR) is 121 cm³/mol. The number of carbonyl (C=O) groups excluding carboxylic acids is 2. The number of hydrogen-bond acceptors (Lipinski definition) is 5. The Kier molecular flexibility index (Phi) is 6.52. The second kappa shape index (κ2) is 9.66. The number of hydrogen-bond donors (Lipinski definition) is 1. The smallest absolute Gasteiger partial charge is 0.263 e. The lowest BCUT2D eigenvalue weighted by Gasteiger charge is -2.31. The molecule has 1 unspecified atom stereocenters. The molecule has 1 aromatic heterocycles. The minimum absolute atomic E-state index is 0.00495. The van der Waals surface area contributed by atoms with Gasteiger partial charge in [-0.25, -0.2) is 0 Å². The maximum absolute atomic E-state index is 12.8. The van der Waals surface area contributed by atoms with Crippen LogP contribution in [0.15, 0.2) is 66.0 Å². The van der Waals surface area contributed by atoms with Gasteiger partial charge in [0.25, 0.3) is 5.91 Å². The molecule has 0 aliphatic carbocycles. The van der Waals surface area contributed by atoms with E-state index in [0.29, 0.717) is 40.9 Å². The average molecular weight is 437 g/mol. The summed E-state index contributed by atoms with van der Waals surface area (Å²) in [6, 6.07) is 18.3. The summed E-state index contributed by atoms with van der Waals surface area (Å²) in [5.41, 5.74) is 0.694. The molecule has 0 saturated carbocycles. The minimum Gasteiger partial charge on any atom is -0.493 e. The number of rotatable bonds is 6. The zero-order valence-corrected chi connectivity index (χ0v) is 18.1. The predicted octanol–water partition coefficient (Wildman–Crippen LogP) is 5.04. The van der Waals surface area contributed by atoms with Gasteiger partial charge in [0.15, 0.2) is 11.5 Å². The van der Waals surface area contributed by atoms with E-state index in [0.717, 1.165) is 12.8 Å². The van der Waals surface area contributed by atoms with E-state index in [1.54, 1.807) is 36.3 Å². The average Bonchev–Trinajstić information content (AvgIpc) is 3.35. The molecule has 2 aromatic carbocycles. The van der Waals surface area contributed by atoms with Gasteiger partial charge in [-0.15, -0.1) is 11.3 Å². The Morgan fingerprint density at radius 1 is 1.03 bits per heavy atom. The molecule has 1 aliphatic heterocycles. The fourth-order valence-electron chi connectivity index (χ4n) is 3.61. The number of amides is 2. The Hall–Kier alpha value is -3.32. The summed E-state index contributed by atoms with van der Waals surface area (Å²) in [4.78, 5) is 27.9. The first-order valence-electron chi connectivity index (χ1n) is 10.2. The summed E-state index contributed by atoms with van der Waals surface area (Å²) in [6.45, 7) is 1.13. The fraction of sp³-hybridized carbons (Fsp3) is 0.250. The van der Waals surface area contributed by atoms with Crippen LogP contribution in [0.3, 0.4) is 0 Å². The molecular formula is C24H24N2O4S. The molecule has 2 amide bonds. The van der Waals surface area contributed by atoms with Crippen molar-refractivity contribution in [2.24, 2.45) is 5.92 Å². The molecule has 1 fully saturated rings. The van der Waals surface area contributed by atoms with E-state index in [4.69, 9.17) is 9.47 Å². The van der Waals surface area contributed by atoms with Crippen molar-refractivity contribution in [3.63, 3.8) is 0 Å². The van der Waals surface area contributed by atoms with E-state index >= 15 is 0 Å². The van der Waals surface area contributed by atoms with Crippen LogP contribution >= 0.6 is 11.3 Å². The number of anilines is 1. The van der Waals surface area contributed by atoms with Gasteiger partial charge in [0, 0.05) is 18.8 Å². The SMILES string of the molecule is COc1ccccc1Oc1ccc(NC(=O)C2CCCN(C(=O)c3cccs3)C2)cc1. The molecule has 2 heterocycles. The Labute approximate surface area is 185 Å². The van der Waals surface area contributed by atoms with Crippen LogP contribution in [0.1, 0.15) is 22.5 Å². The highest BCUT2D eigenvalue weighted by atomic mass is 32.1. The molecule has 160 valence electrons. The fourth-order valence-corrected chi connectivity index (χ4v) is 4.30. The summed E-state index contributed by atoms with van der Waals surface area (Å²) in [5, 5.41) is 4.86. The molecule has 31 heavy (non-hydrogen) atoms. The van der Waals surface area contributed by atoms with Crippen molar-refractivity contribution in [3.8, 4) is 17.2 Å². The summed E-state index contributed by atoms with van der Waals surface area (Å²) < 4.78 is 11.2. The number of piperidine rings is 1. The van der Waals surface area contributed by atoms with E-state index in [1.165, 1.54) is 11.3 Å². The Bertz CT molecular complexity index is 1030. The second-order valence-electron chi connectivity index (χ2n) is 7.33. The van der Waals surface area contributed by atoms with E-state index in [-0.39, 0.29) is 17.7 Å². The summed E-state index contributed by atoms with van der Waals surface area (Å²) in [7, 11) is 1.60. The highest BCUT2D eigenvalue weighted by Crippen LogP contribution is 2.31. The van der Waals surface area contributed by atoms with Gasteiger partial charge < -0.3 is 19.7 Å². The molecule has 0 spiro atoms. The molecule has 1 N–H and O–H groups in total. The van der Waals surface area contributed by atoms with E-state index in [9.17, 15) is 9.59 Å². The highest BCUT2D eigenvalue weighted by Gasteiger charge is 2.29. The van der Waals surface area contributed by atoms with Crippen LogP contribution in [0, 0.1) is 5.92 Å². The third kappa shape index (κ3) is 5.06. The third-order valence-corrected chi connectivity index (χ3v) is 6.09. The number of nitrogens with one attached hydrogen (secondary N) is 1. The molecular weight excluding hydrogens is 412 g/mol. The van der Waals surface area contributed by atoms with Crippen molar-refractivity contribution >= 4 is 28.8 Å². The maximum Gasteiger partial charge on any atom is 0.263 e. The van der Waals surface area contributed by atoms with Crippen molar-refractivity contribution in [2.75, 3.05) is 25.5 Å². The minimum atomic E-state index is -0.220. The standard InChI is InChI=1S/C24H24N2O4S/c1-29-20-7-2-3-8-21(20)30-19-12-10-18(11-13-19)25-23(27)17-6-4-14-26(16-17)24(28)22-9-5-15-31-22/h2-3,5,7-13,15,17H,4,6,14,16H2,1H3,(H,25,27). The lowest BCUT2D eigenvalue weighted by Crippen LogP contribution is -2.43. The number of methoxy groups -OCH3 is 1. The molecule has 1 atom stereocenters. The monoisotopic (exact) mass is 436 g/mol. The summed E-state index contributed by atoms with van der Waals surface area (Å²) >= 11 is 1.43. The zero-order valence-electron chi connectivity index (χ0n) is 17.2. The first-order chi connectivity index (χ1) is 15.1. The van der Waals surface area contributed by atoms with Crippen LogP contribution in [-0.4, -0.2) is 36.9 Å². The van der Waals surface area contributed by atoms with Crippen LogP contribution in [0.4, 0.5) is 5.69 Å². The van der Waals surface area contributed by atoms with Gasteiger partial charge in [-0.2, -0.15) is 0 Å². The molecule has 0 bridgehead atoms. The van der Waals surface area contributed by atoms with Gasteiger partial charge in [0.05, 0.1) is 17.9 Å². The van der Waals surface area contributed by atoms with Crippen molar-refractivity contribution in [2.45, 2.75) is 12.8 Å². The van der Waals surface area contributed by atoms with E-state index < -0.39 is 0 Å². The molecule has 7 heteroatoms. The Morgan fingerprint density at radius 2 is 1.81 bits per heavy atom. The normalized spacial score (nSPS) is 15.9. The van der Waals surface area contributed by atoms with Crippen molar-refractivity contribution in [3.05, 3.63) is 70.9 Å². The van der Waals surface area contributed by atoms with Gasteiger partial charge in [-0.1, -0.05) is 18.2 Å². The number of benzene rings is 2. The Balaban J connectivity index is 1.35. The molecule has 1 aliphatic rings. The zero-order chi connectivity index (χ0) is 21.6. The number of para-hydroxylation sites is 2. The van der Waals surface area contributed by atoms with Crippen LogP contribution in [0.25, 0.3) is 0 Å². The van der Waals surface area contributed by atoms with E-state index in [2.05, 4.69) is 5.32 Å². The van der Waals surface area contributed by atoms with Crippen LogP contribution in [0.5, 0.6) is 17.2 Å². The number of ether oxygens (including phenoxy) is 2. The molecule has 3 aromatic rings. The van der Waals surface area contributed by atoms with E-state index in [1.807, 2.05) is 41.8 Å². The third-order valence-electron chi connectivity index (χ3n) is 5.23. The van der Waals surface area contributed by atoms with Crippen LogP contribution < -0.4 is 14.8 Å². The molecule has 1 saturated heterocycles. The van der Waals surface area contributed by atoms with Gasteiger partial charge in [-0.05, 0) is 60.7 Å². The second-order valence-corrected chi connectivity index (χ2v) is 8.28. The number of carbonyl (C=O) groups is 2. The van der Waals surface area contributed by atoms with Crippen molar-refractivity contribution in [1.82, 2.24) is 4.90 Å². The molecule has 6 nitrogen and oxygen atoms in total.